The summed E-state index contributed by atoms with van der Waals surface area (Å²) in [6.07, 6.45) is 10.1. The molecule has 10 heteroatoms. The first-order valence-corrected chi connectivity index (χ1v) is 14.4. The van der Waals surface area contributed by atoms with Gasteiger partial charge >= 0.3 is 0 Å². The number of aromatic nitrogens is 5. The van der Waals surface area contributed by atoms with Gasteiger partial charge in [0.15, 0.2) is 11.6 Å². The number of hydrogen-bond donors (Lipinski definition) is 1. The number of pyridine rings is 1. The van der Waals surface area contributed by atoms with Gasteiger partial charge in [-0.2, -0.15) is 0 Å². The zero-order valence-electron chi connectivity index (χ0n) is 21.5. The maximum absolute atomic E-state index is 12.0. The van der Waals surface area contributed by atoms with Crippen molar-refractivity contribution in [1.29, 1.82) is 0 Å². The van der Waals surface area contributed by atoms with Gasteiger partial charge in [-0.3, -0.25) is 9.20 Å². The van der Waals surface area contributed by atoms with Crippen molar-refractivity contribution in [3.05, 3.63) is 47.8 Å². The van der Waals surface area contributed by atoms with Crippen molar-refractivity contribution in [3.8, 4) is 11.4 Å². The first-order chi connectivity index (χ1) is 18.0. The van der Waals surface area contributed by atoms with Crippen LogP contribution in [0.15, 0.2) is 40.9 Å². The summed E-state index contributed by atoms with van der Waals surface area (Å²) in [6.45, 7) is 7.35. The molecule has 0 spiro atoms. The zero-order valence-corrected chi connectivity index (χ0v) is 22.3. The number of rotatable bonds is 8. The van der Waals surface area contributed by atoms with Crippen LogP contribution < -0.4 is 10.2 Å². The minimum absolute atomic E-state index is 0.356. The summed E-state index contributed by atoms with van der Waals surface area (Å²) in [5.74, 6) is 4.22. The number of hydrogen-bond acceptors (Lipinski definition) is 8. The van der Waals surface area contributed by atoms with Crippen molar-refractivity contribution in [2.45, 2.75) is 70.0 Å². The molecule has 1 N–H and O–H groups in total. The number of fused-ring (bicyclic) bond motifs is 1. The monoisotopic (exact) mass is 516 g/mol. The normalized spacial score (nSPS) is 19.9. The molecule has 0 bridgehead atoms. The van der Waals surface area contributed by atoms with Crippen LogP contribution >= 0.6 is 0 Å². The fourth-order valence-electron chi connectivity index (χ4n) is 4.90. The lowest BCUT2D eigenvalue weighted by molar-refractivity contribution is 0.589. The van der Waals surface area contributed by atoms with Crippen LogP contribution in [-0.2, 0) is 17.3 Å². The Hall–Kier alpha value is -3.27. The second-order valence-corrected chi connectivity index (χ2v) is 11.8. The second kappa shape index (κ2) is 9.89. The van der Waals surface area contributed by atoms with E-state index in [-0.39, 0.29) is 0 Å². The van der Waals surface area contributed by atoms with E-state index in [0.717, 1.165) is 52.7 Å². The lowest BCUT2D eigenvalue weighted by atomic mass is 10.1. The Kier molecular flexibility index (Phi) is 6.44. The van der Waals surface area contributed by atoms with E-state index in [4.69, 9.17) is 15.0 Å². The summed E-state index contributed by atoms with van der Waals surface area (Å²) in [5, 5.41) is 4.09. The van der Waals surface area contributed by atoms with Crippen LogP contribution in [0.4, 0.5) is 11.5 Å². The van der Waals surface area contributed by atoms with Gasteiger partial charge in [-0.25, -0.2) is 24.9 Å². The summed E-state index contributed by atoms with van der Waals surface area (Å²) in [5.41, 5.74) is 4.83. The Balaban J connectivity index is 1.30. The van der Waals surface area contributed by atoms with Crippen molar-refractivity contribution in [3.63, 3.8) is 0 Å². The SMILES string of the molecule is CCS(=O)c1ccc(CN=C2CN([C@@H](C)C3CC3)c3nc(-c4c(C)ncnc4C4CC4)ncc3N2)cn1. The van der Waals surface area contributed by atoms with Gasteiger partial charge in [0.2, 0.25) is 0 Å². The molecule has 2 fully saturated rings. The van der Waals surface area contributed by atoms with Gasteiger partial charge in [-0.05, 0) is 57.1 Å². The minimum Gasteiger partial charge on any atom is -0.344 e. The second-order valence-electron chi connectivity index (χ2n) is 10.2. The van der Waals surface area contributed by atoms with E-state index in [1.807, 2.05) is 32.2 Å². The molecule has 1 unspecified atom stereocenters. The van der Waals surface area contributed by atoms with Crippen molar-refractivity contribution >= 4 is 28.1 Å². The molecule has 3 aliphatic rings. The fourth-order valence-corrected chi connectivity index (χ4v) is 5.59. The third kappa shape index (κ3) is 4.99. The highest BCUT2D eigenvalue weighted by Gasteiger charge is 2.37. The van der Waals surface area contributed by atoms with Crippen LogP contribution in [0.1, 0.15) is 62.4 Å². The van der Waals surface area contributed by atoms with Crippen LogP contribution in [0.25, 0.3) is 11.4 Å². The summed E-state index contributed by atoms with van der Waals surface area (Å²) in [7, 11) is -1.05. The maximum Gasteiger partial charge on any atom is 0.165 e. The Bertz CT molecular complexity index is 1370. The maximum atomic E-state index is 12.0. The highest BCUT2D eigenvalue weighted by Crippen LogP contribution is 2.44. The third-order valence-electron chi connectivity index (χ3n) is 7.43. The Morgan fingerprint density at radius 2 is 1.97 bits per heavy atom. The molecule has 9 nitrogen and oxygen atoms in total. The molecule has 2 saturated carbocycles. The van der Waals surface area contributed by atoms with E-state index in [0.29, 0.717) is 47.6 Å². The number of nitrogens with zero attached hydrogens (tertiary/aromatic N) is 7. The number of aryl methyl sites for hydroxylation is 1. The van der Waals surface area contributed by atoms with Crippen LogP contribution in [0.3, 0.4) is 0 Å². The molecule has 4 heterocycles. The van der Waals surface area contributed by atoms with E-state index in [1.165, 1.54) is 12.8 Å². The van der Waals surface area contributed by atoms with Crippen molar-refractivity contribution in [2.75, 3.05) is 22.5 Å². The summed E-state index contributed by atoms with van der Waals surface area (Å²) < 4.78 is 12.0. The summed E-state index contributed by atoms with van der Waals surface area (Å²) in [6, 6.07) is 4.15. The number of nitrogens with one attached hydrogen (secondary N) is 1. The largest absolute Gasteiger partial charge is 0.344 e. The van der Waals surface area contributed by atoms with Gasteiger partial charge < -0.3 is 10.2 Å². The smallest absolute Gasteiger partial charge is 0.165 e. The van der Waals surface area contributed by atoms with Crippen LogP contribution in [0.5, 0.6) is 0 Å². The molecule has 3 aromatic heterocycles. The quantitative estimate of drug-likeness (QED) is 0.473. The number of amidine groups is 1. The van der Waals surface area contributed by atoms with Gasteiger partial charge in [0.25, 0.3) is 0 Å². The molecule has 192 valence electrons. The van der Waals surface area contributed by atoms with Crippen LogP contribution in [0, 0.1) is 12.8 Å². The summed E-state index contributed by atoms with van der Waals surface area (Å²) >= 11 is 0. The molecular weight excluding hydrogens is 484 g/mol. The first-order valence-electron chi connectivity index (χ1n) is 13.1. The van der Waals surface area contributed by atoms with E-state index >= 15 is 0 Å². The van der Waals surface area contributed by atoms with Gasteiger partial charge in [0, 0.05) is 23.9 Å². The van der Waals surface area contributed by atoms with Crippen LogP contribution in [-0.4, -0.2) is 53.3 Å². The minimum atomic E-state index is -1.05. The van der Waals surface area contributed by atoms with Gasteiger partial charge in [0.1, 0.15) is 22.9 Å². The van der Waals surface area contributed by atoms with Crippen molar-refractivity contribution < 1.29 is 4.21 Å². The number of aliphatic imine (C=N–C) groups is 1. The van der Waals surface area contributed by atoms with Crippen LogP contribution in [0.2, 0.25) is 0 Å². The van der Waals surface area contributed by atoms with Crippen molar-refractivity contribution in [2.24, 2.45) is 10.9 Å². The fraction of sp³-hybridized carbons (Fsp3) is 0.481. The number of anilines is 2. The lowest BCUT2D eigenvalue weighted by Crippen LogP contribution is -2.45. The molecule has 3 aromatic rings. The Morgan fingerprint density at radius 3 is 2.68 bits per heavy atom. The van der Waals surface area contributed by atoms with Gasteiger partial charge in [-0.1, -0.05) is 13.0 Å². The van der Waals surface area contributed by atoms with E-state index in [9.17, 15) is 4.21 Å². The molecule has 37 heavy (non-hydrogen) atoms. The highest BCUT2D eigenvalue weighted by molar-refractivity contribution is 7.84. The Labute approximate surface area is 219 Å². The first kappa shape index (κ1) is 24.1. The molecule has 2 aliphatic carbocycles. The highest BCUT2D eigenvalue weighted by atomic mass is 32.2. The zero-order chi connectivity index (χ0) is 25.5. The predicted molar refractivity (Wildman–Crippen MR) is 145 cm³/mol. The van der Waals surface area contributed by atoms with E-state index in [2.05, 4.69) is 32.1 Å². The van der Waals surface area contributed by atoms with Gasteiger partial charge in [0.05, 0.1) is 47.0 Å². The average molecular weight is 517 g/mol. The van der Waals surface area contributed by atoms with Crippen molar-refractivity contribution in [1.82, 2.24) is 24.9 Å². The molecular formula is C27H32N8OS. The predicted octanol–water partition coefficient (Wildman–Crippen LogP) is 4.27. The van der Waals surface area contributed by atoms with E-state index < -0.39 is 10.8 Å². The average Bonchev–Trinajstić information content (AvgIpc) is 3.84. The molecule has 0 aromatic carbocycles. The topological polar surface area (TPSA) is 109 Å². The molecule has 2 atom stereocenters. The molecule has 0 saturated heterocycles. The van der Waals surface area contributed by atoms with E-state index in [1.54, 1.807) is 12.5 Å². The summed E-state index contributed by atoms with van der Waals surface area (Å²) in [4.78, 5) is 30.5. The molecule has 0 amide bonds. The standard InChI is InChI=1S/C27H32N8OS/c1-4-37(36)23-10-5-18(12-29-23)11-28-22-14-35(17(3)19-6-7-19)27-21(33-22)13-30-26(34-27)24-16(2)31-15-32-25(24)20-8-9-20/h5,10,12-13,15,17,19-20H,4,6-9,11,14H2,1-3H3,(H,28,33)/t17-,37?/m0/s1. The Morgan fingerprint density at radius 1 is 1.14 bits per heavy atom. The lowest BCUT2D eigenvalue weighted by Gasteiger charge is -2.36. The molecule has 1 aliphatic heterocycles. The van der Waals surface area contributed by atoms with Gasteiger partial charge in [-0.15, -0.1) is 0 Å². The molecule has 0 radical (unpaired) electrons. The molecule has 6 rings (SSSR count). The third-order valence-corrected chi connectivity index (χ3v) is 8.67.